The summed E-state index contributed by atoms with van der Waals surface area (Å²) in [5.41, 5.74) is 0.260. The molecule has 0 spiro atoms. The molecule has 0 heterocycles. The molecule has 1 aromatic carbocycles. The van der Waals surface area contributed by atoms with Crippen molar-refractivity contribution in [3.63, 3.8) is 0 Å². The largest absolute Gasteiger partial charge is 0.493 e. The Hall–Kier alpha value is -1.16. The summed E-state index contributed by atoms with van der Waals surface area (Å²) in [6.45, 7) is 7.22. The molecule has 1 rings (SSSR count). The van der Waals surface area contributed by atoms with Gasteiger partial charge in [-0.2, -0.15) is 11.8 Å². The van der Waals surface area contributed by atoms with Crippen LogP contribution in [-0.4, -0.2) is 28.7 Å². The lowest BCUT2D eigenvalue weighted by atomic mass is 10.2. The van der Waals surface area contributed by atoms with Crippen molar-refractivity contribution in [3.8, 4) is 5.75 Å². The van der Waals surface area contributed by atoms with E-state index in [0.717, 1.165) is 5.75 Å². The van der Waals surface area contributed by atoms with Gasteiger partial charge < -0.3 is 9.84 Å². The maximum atomic E-state index is 10.8. The number of benzene rings is 1. The minimum atomic E-state index is -0.928. The third kappa shape index (κ3) is 5.00. The first-order chi connectivity index (χ1) is 8.50. The zero-order valence-electron chi connectivity index (χ0n) is 11.1. The van der Waals surface area contributed by atoms with Crippen molar-refractivity contribution in [1.82, 2.24) is 0 Å². The van der Waals surface area contributed by atoms with Crippen molar-refractivity contribution in [2.45, 2.75) is 26.0 Å². The van der Waals surface area contributed by atoms with Gasteiger partial charge in [-0.15, -0.1) is 0 Å². The summed E-state index contributed by atoms with van der Waals surface area (Å²) in [7, 11) is 0. The molecule has 0 saturated heterocycles. The fourth-order valence-electron chi connectivity index (χ4n) is 1.30. The lowest BCUT2D eigenvalue weighted by Crippen LogP contribution is -2.10. The Morgan fingerprint density at radius 3 is 2.72 bits per heavy atom. The quantitative estimate of drug-likeness (QED) is 0.768. The number of carboxylic acid groups (broad SMARTS) is 1. The van der Waals surface area contributed by atoms with Crippen LogP contribution in [0.3, 0.4) is 0 Å². The van der Waals surface area contributed by atoms with Gasteiger partial charge in [0.25, 0.3) is 0 Å². The van der Waals surface area contributed by atoms with Crippen LogP contribution in [0.15, 0.2) is 24.3 Å². The Morgan fingerprint density at radius 2 is 2.11 bits per heavy atom. The highest BCUT2D eigenvalue weighted by atomic mass is 32.2. The number of hydrogen-bond acceptors (Lipinski definition) is 3. The average Bonchev–Trinajstić information content (AvgIpc) is 2.34. The fraction of sp³-hybridized carbons (Fsp3) is 0.500. The number of aromatic carboxylic acids is 1. The maximum absolute atomic E-state index is 10.8. The summed E-state index contributed by atoms with van der Waals surface area (Å²) in [5, 5.41) is 9.47. The highest BCUT2D eigenvalue weighted by molar-refractivity contribution is 7.99. The van der Waals surface area contributed by atoms with E-state index < -0.39 is 5.97 Å². The van der Waals surface area contributed by atoms with Gasteiger partial charge in [0.15, 0.2) is 0 Å². The number of hydrogen-bond donors (Lipinski definition) is 1. The van der Waals surface area contributed by atoms with Crippen molar-refractivity contribution < 1.29 is 14.6 Å². The molecule has 0 aliphatic rings. The van der Waals surface area contributed by atoms with Crippen LogP contribution in [0.1, 0.15) is 31.1 Å². The average molecular weight is 268 g/mol. The minimum absolute atomic E-state index is 0.260. The highest BCUT2D eigenvalue weighted by Crippen LogP contribution is 2.19. The summed E-state index contributed by atoms with van der Waals surface area (Å²) < 4.78 is 5.54. The van der Waals surface area contributed by atoms with Crippen molar-refractivity contribution in [2.75, 3.05) is 12.4 Å². The van der Waals surface area contributed by atoms with Gasteiger partial charge in [-0.05, 0) is 24.1 Å². The molecular weight excluding hydrogens is 248 g/mol. The minimum Gasteiger partial charge on any atom is -0.493 e. The molecule has 0 aromatic heterocycles. The van der Waals surface area contributed by atoms with Crippen molar-refractivity contribution in [3.05, 3.63) is 29.8 Å². The van der Waals surface area contributed by atoms with Gasteiger partial charge >= 0.3 is 5.97 Å². The van der Waals surface area contributed by atoms with Crippen LogP contribution in [-0.2, 0) is 0 Å². The van der Waals surface area contributed by atoms with Gasteiger partial charge in [-0.3, -0.25) is 0 Å². The highest BCUT2D eigenvalue weighted by Gasteiger charge is 2.07. The van der Waals surface area contributed by atoms with Crippen molar-refractivity contribution in [2.24, 2.45) is 5.92 Å². The van der Waals surface area contributed by atoms with E-state index in [1.54, 1.807) is 24.3 Å². The summed E-state index contributed by atoms with van der Waals surface area (Å²) in [6.07, 6.45) is 0. The van der Waals surface area contributed by atoms with Crippen molar-refractivity contribution >= 4 is 17.7 Å². The third-order valence-corrected chi connectivity index (χ3v) is 4.23. The van der Waals surface area contributed by atoms with E-state index in [0.29, 0.717) is 23.5 Å². The van der Waals surface area contributed by atoms with Crippen LogP contribution in [0.4, 0.5) is 0 Å². The predicted molar refractivity (Wildman–Crippen MR) is 75.7 cm³/mol. The van der Waals surface area contributed by atoms with E-state index in [9.17, 15) is 4.79 Å². The molecule has 0 fully saturated rings. The zero-order chi connectivity index (χ0) is 13.5. The molecule has 100 valence electrons. The molecule has 0 radical (unpaired) electrons. The van der Waals surface area contributed by atoms with Gasteiger partial charge in [0, 0.05) is 11.0 Å². The van der Waals surface area contributed by atoms with Crippen LogP contribution in [0, 0.1) is 5.92 Å². The molecule has 3 nitrogen and oxygen atoms in total. The molecule has 1 atom stereocenters. The summed E-state index contributed by atoms with van der Waals surface area (Å²) in [4.78, 5) is 10.8. The van der Waals surface area contributed by atoms with Gasteiger partial charge in [-0.25, -0.2) is 4.79 Å². The molecule has 1 aromatic rings. The molecule has 0 amide bonds. The fourth-order valence-corrected chi connectivity index (χ4v) is 2.24. The van der Waals surface area contributed by atoms with Crippen LogP contribution < -0.4 is 4.74 Å². The van der Waals surface area contributed by atoms with Gasteiger partial charge in [0.05, 0.1) is 12.2 Å². The van der Waals surface area contributed by atoms with E-state index in [1.165, 1.54) is 0 Å². The molecule has 1 unspecified atom stereocenters. The van der Waals surface area contributed by atoms with Crippen molar-refractivity contribution in [1.29, 1.82) is 0 Å². The Labute approximate surface area is 113 Å². The number of ether oxygens (including phenoxy) is 1. The lowest BCUT2D eigenvalue weighted by molar-refractivity contribution is 0.0696. The van der Waals surface area contributed by atoms with Crippen LogP contribution in [0.2, 0.25) is 0 Å². The first-order valence-electron chi connectivity index (χ1n) is 6.08. The molecule has 18 heavy (non-hydrogen) atoms. The Kier molecular flexibility index (Phi) is 6.05. The molecule has 1 N–H and O–H groups in total. The molecule has 0 saturated carbocycles. The van der Waals surface area contributed by atoms with E-state index in [2.05, 4.69) is 20.8 Å². The SMILES string of the molecule is CC(C)C(C)SCCOc1cccc(C(=O)O)c1. The number of carboxylic acids is 1. The Bertz CT molecular complexity index is 390. The summed E-state index contributed by atoms with van der Waals surface area (Å²) in [6, 6.07) is 6.59. The molecule has 4 heteroatoms. The monoisotopic (exact) mass is 268 g/mol. The first kappa shape index (κ1) is 14.9. The zero-order valence-corrected chi connectivity index (χ0v) is 11.9. The number of thioether (sulfide) groups is 1. The topological polar surface area (TPSA) is 46.5 Å². The second kappa shape index (κ2) is 7.31. The molecule has 0 bridgehead atoms. The van der Waals surface area contributed by atoms with E-state index in [1.807, 2.05) is 11.8 Å². The van der Waals surface area contributed by atoms with Crippen LogP contribution in [0.25, 0.3) is 0 Å². The van der Waals surface area contributed by atoms with Gasteiger partial charge in [0.1, 0.15) is 5.75 Å². The maximum Gasteiger partial charge on any atom is 0.335 e. The van der Waals surface area contributed by atoms with Gasteiger partial charge in [-0.1, -0.05) is 26.8 Å². The van der Waals surface area contributed by atoms with Crippen LogP contribution >= 0.6 is 11.8 Å². The van der Waals surface area contributed by atoms with E-state index in [4.69, 9.17) is 9.84 Å². The van der Waals surface area contributed by atoms with E-state index >= 15 is 0 Å². The summed E-state index contributed by atoms with van der Waals surface area (Å²) >= 11 is 1.87. The number of carbonyl (C=O) groups is 1. The van der Waals surface area contributed by atoms with Crippen LogP contribution in [0.5, 0.6) is 5.75 Å². The lowest BCUT2D eigenvalue weighted by Gasteiger charge is -2.15. The predicted octanol–water partition coefficient (Wildman–Crippen LogP) is 3.54. The Balaban J connectivity index is 2.35. The normalized spacial score (nSPS) is 12.4. The third-order valence-electron chi connectivity index (χ3n) is 2.75. The molecule has 0 aliphatic carbocycles. The first-order valence-corrected chi connectivity index (χ1v) is 7.13. The smallest absolute Gasteiger partial charge is 0.335 e. The van der Waals surface area contributed by atoms with Gasteiger partial charge in [0.2, 0.25) is 0 Å². The summed E-state index contributed by atoms with van der Waals surface area (Å²) in [5.74, 6) is 1.26. The molecule has 0 aliphatic heterocycles. The standard InChI is InChI=1S/C14H20O3S/c1-10(2)11(3)18-8-7-17-13-6-4-5-12(9-13)14(15)16/h4-6,9-11H,7-8H2,1-3H3,(H,15,16). The Morgan fingerprint density at radius 1 is 1.39 bits per heavy atom. The van der Waals surface area contributed by atoms with E-state index in [-0.39, 0.29) is 5.56 Å². The second-order valence-electron chi connectivity index (χ2n) is 4.50. The molecular formula is C14H20O3S. The number of rotatable bonds is 7. The second-order valence-corrected chi connectivity index (χ2v) is 5.99.